The molecular weight excluding hydrogens is 412 g/mol. The van der Waals surface area contributed by atoms with Gasteiger partial charge in [-0.05, 0) is 49.6 Å². The number of amides is 1. The molecule has 1 aromatic rings. The van der Waals surface area contributed by atoms with E-state index in [1.165, 1.54) is 22.2 Å². The number of likely N-dealkylation sites (tertiary alicyclic amines) is 1. The Balaban J connectivity index is 1.79. The topological polar surface area (TPSA) is 79.2 Å². The number of hydrogen-bond donors (Lipinski definition) is 1. The number of hydrogen-bond acceptors (Lipinski definition) is 6. The third-order valence-electron chi connectivity index (χ3n) is 5.36. The Hall–Kier alpha value is -3.06. The number of carbonyl (C=O) groups is 2. The third-order valence-corrected chi connectivity index (χ3v) is 6.33. The van der Waals surface area contributed by atoms with E-state index in [2.05, 4.69) is 11.6 Å². The van der Waals surface area contributed by atoms with Crippen molar-refractivity contribution in [1.82, 2.24) is 4.90 Å². The van der Waals surface area contributed by atoms with Gasteiger partial charge in [-0.1, -0.05) is 42.1 Å². The summed E-state index contributed by atoms with van der Waals surface area (Å²) in [6.45, 7) is 6.63. The van der Waals surface area contributed by atoms with Crippen LogP contribution in [0.2, 0.25) is 0 Å². The summed E-state index contributed by atoms with van der Waals surface area (Å²) in [5.41, 5.74) is 2.56. The van der Waals surface area contributed by atoms with Crippen molar-refractivity contribution in [3.8, 4) is 5.75 Å². The Labute approximate surface area is 185 Å². The number of allylic oxidation sites excluding steroid dienone is 2. The van der Waals surface area contributed by atoms with E-state index in [4.69, 9.17) is 4.74 Å². The van der Waals surface area contributed by atoms with Crippen LogP contribution in [0.5, 0.6) is 5.75 Å². The van der Waals surface area contributed by atoms with Crippen molar-refractivity contribution in [2.45, 2.75) is 25.8 Å². The fourth-order valence-corrected chi connectivity index (χ4v) is 4.78. The van der Waals surface area contributed by atoms with Gasteiger partial charge in [0.25, 0.3) is 5.78 Å². The number of ketones is 1. The third kappa shape index (κ3) is 4.10. The van der Waals surface area contributed by atoms with Gasteiger partial charge in [-0.15, -0.1) is 0 Å². The van der Waals surface area contributed by atoms with Gasteiger partial charge in [-0.3, -0.25) is 19.5 Å². The van der Waals surface area contributed by atoms with Crippen LogP contribution in [0.15, 0.2) is 70.8 Å². The van der Waals surface area contributed by atoms with Gasteiger partial charge in [0.15, 0.2) is 5.17 Å². The fraction of sp³-hybridized carbons (Fsp3) is 0.292. The maximum atomic E-state index is 13.1. The second-order valence-corrected chi connectivity index (χ2v) is 8.60. The second-order valence-electron chi connectivity index (χ2n) is 7.54. The summed E-state index contributed by atoms with van der Waals surface area (Å²) >= 11 is 1.46. The molecule has 4 rings (SSSR count). The smallest absolute Gasteiger partial charge is 0.301 e. The first-order chi connectivity index (χ1) is 15.0. The number of amidine groups is 1. The number of aliphatic imine (C=N–C) groups is 1. The van der Waals surface area contributed by atoms with Gasteiger partial charge in [0.2, 0.25) is 0 Å². The number of thioether (sulfide) groups is 1. The lowest BCUT2D eigenvalue weighted by Gasteiger charge is -2.27. The standard InChI is InChI=1S/C24H24N2O4S/c1-3-12-30-18-9-7-16(8-10-18)21(27)19-20(17-6-4-5-15(2)14-17)26(23(29)22(19)28)24-25-11-13-31-24/h3,6-10,14,20,27H,1,4-5,11-13H2,2H3/b21-19+. The van der Waals surface area contributed by atoms with Gasteiger partial charge < -0.3 is 9.84 Å². The van der Waals surface area contributed by atoms with Crippen LogP contribution in [-0.4, -0.2) is 51.8 Å². The van der Waals surface area contributed by atoms with Crippen LogP contribution in [0.4, 0.5) is 0 Å². The van der Waals surface area contributed by atoms with E-state index in [1.54, 1.807) is 30.3 Å². The SMILES string of the molecule is C=CCOc1ccc(/C(O)=C2\C(=O)C(=O)N(C3=NCCS3)C2C2=CCCC(C)=C2)cc1. The highest BCUT2D eigenvalue weighted by Gasteiger charge is 2.49. The summed E-state index contributed by atoms with van der Waals surface area (Å²) in [5.74, 6) is -0.142. The van der Waals surface area contributed by atoms with Crippen LogP contribution in [0, 0.1) is 0 Å². The molecule has 3 aliphatic rings. The Morgan fingerprint density at radius 2 is 2.13 bits per heavy atom. The number of aliphatic hydroxyl groups excluding tert-OH is 1. The quantitative estimate of drug-likeness (QED) is 0.326. The lowest BCUT2D eigenvalue weighted by atomic mass is 9.90. The molecule has 1 N–H and O–H groups in total. The molecule has 1 aromatic carbocycles. The van der Waals surface area contributed by atoms with Crippen molar-refractivity contribution in [3.63, 3.8) is 0 Å². The average molecular weight is 437 g/mol. The van der Waals surface area contributed by atoms with Crippen molar-refractivity contribution in [2.24, 2.45) is 4.99 Å². The molecule has 1 atom stereocenters. The molecule has 0 radical (unpaired) electrons. The molecule has 7 heteroatoms. The zero-order valence-electron chi connectivity index (χ0n) is 17.3. The first-order valence-corrected chi connectivity index (χ1v) is 11.2. The molecule has 0 aromatic heterocycles. The monoisotopic (exact) mass is 436 g/mol. The molecule has 0 spiro atoms. The first-order valence-electron chi connectivity index (χ1n) is 10.2. The van der Waals surface area contributed by atoms with Crippen LogP contribution in [0.1, 0.15) is 25.3 Å². The number of rotatable bonds is 5. The van der Waals surface area contributed by atoms with Crippen LogP contribution in [-0.2, 0) is 9.59 Å². The zero-order valence-corrected chi connectivity index (χ0v) is 18.2. The molecule has 1 unspecified atom stereocenters. The molecule has 0 bridgehead atoms. The highest BCUT2D eigenvalue weighted by atomic mass is 32.2. The van der Waals surface area contributed by atoms with Gasteiger partial charge in [0.05, 0.1) is 18.2 Å². The Bertz CT molecular complexity index is 1050. The van der Waals surface area contributed by atoms with Crippen LogP contribution in [0.3, 0.4) is 0 Å². The highest BCUT2D eigenvalue weighted by Crippen LogP contribution is 2.38. The minimum absolute atomic E-state index is 0.0946. The number of Topliss-reactive ketones (excluding diaryl/α,β-unsaturated/α-hetero) is 1. The van der Waals surface area contributed by atoms with Crippen LogP contribution < -0.4 is 4.74 Å². The van der Waals surface area contributed by atoms with E-state index in [-0.39, 0.29) is 11.3 Å². The van der Waals surface area contributed by atoms with Gasteiger partial charge in [0.1, 0.15) is 18.1 Å². The summed E-state index contributed by atoms with van der Waals surface area (Å²) in [7, 11) is 0. The molecule has 1 amide bonds. The van der Waals surface area contributed by atoms with E-state index in [0.717, 1.165) is 24.2 Å². The van der Waals surface area contributed by atoms with Gasteiger partial charge in [-0.2, -0.15) is 0 Å². The predicted octanol–water partition coefficient (Wildman–Crippen LogP) is 4.07. The van der Waals surface area contributed by atoms with Gasteiger partial charge in [0, 0.05) is 11.3 Å². The largest absolute Gasteiger partial charge is 0.507 e. The maximum Gasteiger partial charge on any atom is 0.301 e. The summed E-state index contributed by atoms with van der Waals surface area (Å²) in [6, 6.07) is 6.10. The van der Waals surface area contributed by atoms with Crippen LogP contribution in [0.25, 0.3) is 5.76 Å². The second kappa shape index (κ2) is 8.98. The summed E-state index contributed by atoms with van der Waals surface area (Å²) in [6.07, 6.45) is 7.45. The number of nitrogens with zero attached hydrogens (tertiary/aromatic N) is 2. The summed E-state index contributed by atoms with van der Waals surface area (Å²) < 4.78 is 5.49. The first kappa shape index (κ1) is 21.2. The lowest BCUT2D eigenvalue weighted by molar-refractivity contribution is -0.137. The zero-order chi connectivity index (χ0) is 22.0. The predicted molar refractivity (Wildman–Crippen MR) is 123 cm³/mol. The van der Waals surface area contributed by atoms with E-state index in [0.29, 0.717) is 29.6 Å². The van der Waals surface area contributed by atoms with Crippen molar-refractivity contribution >= 4 is 34.4 Å². The maximum absolute atomic E-state index is 13.1. The fourth-order valence-electron chi connectivity index (χ4n) is 3.91. The molecule has 2 heterocycles. The van der Waals surface area contributed by atoms with E-state index in [9.17, 15) is 14.7 Å². The van der Waals surface area contributed by atoms with Crippen LogP contribution >= 0.6 is 11.8 Å². The Morgan fingerprint density at radius 1 is 1.35 bits per heavy atom. The van der Waals surface area contributed by atoms with Crippen molar-refractivity contribution in [2.75, 3.05) is 18.9 Å². The van der Waals surface area contributed by atoms with Gasteiger partial charge >= 0.3 is 5.91 Å². The number of benzene rings is 1. The Kier molecular flexibility index (Phi) is 6.13. The van der Waals surface area contributed by atoms with E-state index < -0.39 is 17.7 Å². The number of carbonyl (C=O) groups excluding carboxylic acids is 2. The van der Waals surface area contributed by atoms with E-state index in [1.807, 2.05) is 19.1 Å². The van der Waals surface area contributed by atoms with Gasteiger partial charge in [-0.25, -0.2) is 0 Å². The minimum Gasteiger partial charge on any atom is -0.507 e. The summed E-state index contributed by atoms with van der Waals surface area (Å²) in [4.78, 5) is 32.0. The molecule has 31 heavy (non-hydrogen) atoms. The molecule has 1 aliphatic carbocycles. The Morgan fingerprint density at radius 3 is 2.77 bits per heavy atom. The van der Waals surface area contributed by atoms with E-state index >= 15 is 0 Å². The molecule has 0 saturated carbocycles. The van der Waals surface area contributed by atoms with Crippen molar-refractivity contribution in [3.05, 3.63) is 71.4 Å². The number of ether oxygens (including phenoxy) is 1. The molecule has 1 fully saturated rings. The molecule has 6 nitrogen and oxygen atoms in total. The average Bonchev–Trinajstić information content (AvgIpc) is 3.39. The molecule has 2 aliphatic heterocycles. The summed E-state index contributed by atoms with van der Waals surface area (Å²) in [5, 5.41) is 11.7. The molecule has 1 saturated heterocycles. The van der Waals surface area contributed by atoms with Crippen molar-refractivity contribution < 1.29 is 19.4 Å². The normalized spacial score (nSPS) is 22.8. The minimum atomic E-state index is -0.692. The molecule has 160 valence electrons. The van der Waals surface area contributed by atoms with Crippen molar-refractivity contribution in [1.29, 1.82) is 0 Å². The lowest BCUT2D eigenvalue weighted by Crippen LogP contribution is -2.38. The molecular formula is C24H24N2O4S. The highest BCUT2D eigenvalue weighted by molar-refractivity contribution is 8.14. The number of aliphatic hydroxyl groups is 1.